The van der Waals surface area contributed by atoms with E-state index in [1.165, 1.54) is 0 Å². The SMILES string of the molecule is O[C@@H]1[C@H](O)[C@@H](OCc2ccccc2)CN[C@H]1COCc1ccccc1. The molecule has 1 aliphatic rings. The van der Waals surface area contributed by atoms with Crippen LogP contribution in [-0.2, 0) is 22.7 Å². The van der Waals surface area contributed by atoms with Crippen LogP contribution in [-0.4, -0.2) is 47.7 Å². The average Bonchev–Trinajstić information content (AvgIpc) is 2.66. The molecule has 0 spiro atoms. The van der Waals surface area contributed by atoms with E-state index in [0.29, 0.717) is 26.4 Å². The van der Waals surface area contributed by atoms with Crippen LogP contribution in [0.2, 0.25) is 0 Å². The molecule has 2 aromatic rings. The summed E-state index contributed by atoms with van der Waals surface area (Å²) in [7, 11) is 0. The van der Waals surface area contributed by atoms with Gasteiger partial charge in [-0.1, -0.05) is 60.7 Å². The average molecular weight is 343 g/mol. The molecule has 0 radical (unpaired) electrons. The summed E-state index contributed by atoms with van der Waals surface area (Å²) in [6, 6.07) is 19.3. The fourth-order valence-electron chi connectivity index (χ4n) is 2.94. The maximum Gasteiger partial charge on any atom is 0.109 e. The smallest absolute Gasteiger partial charge is 0.109 e. The Labute approximate surface area is 148 Å². The Balaban J connectivity index is 1.43. The second-order valence-electron chi connectivity index (χ2n) is 6.33. The first kappa shape index (κ1) is 18.0. The molecule has 0 aliphatic carbocycles. The summed E-state index contributed by atoms with van der Waals surface area (Å²) in [4.78, 5) is 0. The summed E-state index contributed by atoms with van der Waals surface area (Å²) in [5.41, 5.74) is 2.12. The molecule has 1 saturated heterocycles. The van der Waals surface area contributed by atoms with E-state index in [9.17, 15) is 10.2 Å². The van der Waals surface area contributed by atoms with Crippen molar-refractivity contribution in [2.45, 2.75) is 37.6 Å². The van der Waals surface area contributed by atoms with Crippen LogP contribution in [0.25, 0.3) is 0 Å². The quantitative estimate of drug-likeness (QED) is 0.710. The van der Waals surface area contributed by atoms with E-state index < -0.39 is 18.3 Å². The Hall–Kier alpha value is -1.76. The second-order valence-corrected chi connectivity index (χ2v) is 6.33. The third-order valence-electron chi connectivity index (χ3n) is 4.44. The van der Waals surface area contributed by atoms with Crippen LogP contribution in [0.3, 0.4) is 0 Å². The van der Waals surface area contributed by atoms with Crippen molar-refractivity contribution >= 4 is 0 Å². The van der Waals surface area contributed by atoms with Crippen LogP contribution in [0.1, 0.15) is 11.1 Å². The lowest BCUT2D eigenvalue weighted by Gasteiger charge is -2.38. The zero-order valence-electron chi connectivity index (χ0n) is 14.1. The molecule has 5 nitrogen and oxygen atoms in total. The molecule has 1 fully saturated rings. The highest BCUT2D eigenvalue weighted by Gasteiger charge is 2.37. The Bertz CT molecular complexity index is 620. The zero-order valence-corrected chi connectivity index (χ0v) is 14.1. The fraction of sp³-hybridized carbons (Fsp3) is 0.400. The van der Waals surface area contributed by atoms with Gasteiger partial charge in [0.05, 0.1) is 38.1 Å². The summed E-state index contributed by atoms with van der Waals surface area (Å²) in [6.07, 6.45) is -2.30. The summed E-state index contributed by atoms with van der Waals surface area (Å²) in [5, 5.41) is 23.9. The van der Waals surface area contributed by atoms with E-state index in [1.54, 1.807) is 0 Å². The lowest BCUT2D eigenvalue weighted by atomic mass is 9.96. The van der Waals surface area contributed by atoms with Crippen LogP contribution in [0.4, 0.5) is 0 Å². The molecule has 0 bridgehead atoms. The van der Waals surface area contributed by atoms with Gasteiger partial charge in [-0.05, 0) is 11.1 Å². The molecule has 2 aromatic carbocycles. The van der Waals surface area contributed by atoms with Gasteiger partial charge in [-0.2, -0.15) is 0 Å². The topological polar surface area (TPSA) is 71.0 Å². The van der Waals surface area contributed by atoms with E-state index in [2.05, 4.69) is 5.32 Å². The Morgan fingerprint density at radius 2 is 1.44 bits per heavy atom. The van der Waals surface area contributed by atoms with Gasteiger partial charge in [-0.15, -0.1) is 0 Å². The van der Waals surface area contributed by atoms with Crippen molar-refractivity contribution in [3.8, 4) is 0 Å². The summed E-state index contributed by atoms with van der Waals surface area (Å²) < 4.78 is 11.4. The Morgan fingerprint density at radius 1 is 0.840 bits per heavy atom. The number of rotatable bonds is 7. The number of aliphatic hydroxyl groups is 2. The van der Waals surface area contributed by atoms with E-state index in [0.717, 1.165) is 11.1 Å². The lowest BCUT2D eigenvalue weighted by molar-refractivity contribution is -0.132. The number of nitrogens with one attached hydrogen (secondary N) is 1. The van der Waals surface area contributed by atoms with Crippen LogP contribution >= 0.6 is 0 Å². The van der Waals surface area contributed by atoms with Crippen LogP contribution < -0.4 is 5.32 Å². The largest absolute Gasteiger partial charge is 0.389 e. The molecule has 1 aliphatic heterocycles. The number of ether oxygens (including phenoxy) is 2. The van der Waals surface area contributed by atoms with Gasteiger partial charge in [-0.3, -0.25) is 0 Å². The molecule has 0 amide bonds. The van der Waals surface area contributed by atoms with Gasteiger partial charge in [0.2, 0.25) is 0 Å². The van der Waals surface area contributed by atoms with Gasteiger partial charge in [0.15, 0.2) is 0 Å². The van der Waals surface area contributed by atoms with Crippen molar-refractivity contribution in [3.05, 3.63) is 71.8 Å². The monoisotopic (exact) mass is 343 g/mol. The highest BCUT2D eigenvalue weighted by molar-refractivity contribution is 5.14. The predicted molar refractivity (Wildman–Crippen MR) is 94.9 cm³/mol. The Kier molecular flexibility index (Phi) is 6.55. The van der Waals surface area contributed by atoms with Crippen molar-refractivity contribution < 1.29 is 19.7 Å². The summed E-state index contributed by atoms with van der Waals surface area (Å²) >= 11 is 0. The first-order valence-electron chi connectivity index (χ1n) is 8.61. The van der Waals surface area contributed by atoms with Crippen molar-refractivity contribution in [1.82, 2.24) is 5.32 Å². The molecule has 25 heavy (non-hydrogen) atoms. The maximum absolute atomic E-state index is 10.3. The molecule has 3 rings (SSSR count). The van der Waals surface area contributed by atoms with Gasteiger partial charge in [-0.25, -0.2) is 0 Å². The number of aliphatic hydroxyl groups excluding tert-OH is 2. The van der Waals surface area contributed by atoms with Crippen LogP contribution in [0, 0.1) is 0 Å². The highest BCUT2D eigenvalue weighted by atomic mass is 16.5. The van der Waals surface area contributed by atoms with E-state index in [1.807, 2.05) is 60.7 Å². The normalized spacial score (nSPS) is 26.5. The molecule has 0 saturated carbocycles. The molecule has 0 unspecified atom stereocenters. The Morgan fingerprint density at radius 3 is 2.08 bits per heavy atom. The molecular formula is C20H25NO4. The molecule has 3 N–H and O–H groups in total. The molecule has 4 atom stereocenters. The van der Waals surface area contributed by atoms with Gasteiger partial charge in [0.25, 0.3) is 0 Å². The van der Waals surface area contributed by atoms with E-state index in [4.69, 9.17) is 9.47 Å². The van der Waals surface area contributed by atoms with Gasteiger partial charge < -0.3 is 25.0 Å². The zero-order chi connectivity index (χ0) is 17.5. The van der Waals surface area contributed by atoms with Crippen molar-refractivity contribution in [1.29, 1.82) is 0 Å². The van der Waals surface area contributed by atoms with Gasteiger partial charge in [0, 0.05) is 6.54 Å². The minimum atomic E-state index is -0.935. The molecule has 0 aromatic heterocycles. The number of hydrogen-bond acceptors (Lipinski definition) is 5. The minimum absolute atomic E-state index is 0.310. The minimum Gasteiger partial charge on any atom is -0.389 e. The van der Waals surface area contributed by atoms with E-state index in [-0.39, 0.29) is 6.04 Å². The molecule has 1 heterocycles. The lowest BCUT2D eigenvalue weighted by Crippen LogP contribution is -2.61. The first-order valence-corrected chi connectivity index (χ1v) is 8.61. The highest BCUT2D eigenvalue weighted by Crippen LogP contribution is 2.16. The van der Waals surface area contributed by atoms with Crippen LogP contribution in [0.15, 0.2) is 60.7 Å². The summed E-state index contributed by atoms with van der Waals surface area (Å²) in [5.74, 6) is 0. The fourth-order valence-corrected chi connectivity index (χ4v) is 2.94. The molecule has 134 valence electrons. The summed E-state index contributed by atoms with van der Waals surface area (Å²) in [6.45, 7) is 1.70. The molecular weight excluding hydrogens is 318 g/mol. The third-order valence-corrected chi connectivity index (χ3v) is 4.44. The number of hydrogen-bond donors (Lipinski definition) is 3. The second kappa shape index (κ2) is 9.08. The molecule has 5 heteroatoms. The van der Waals surface area contributed by atoms with Crippen molar-refractivity contribution in [2.75, 3.05) is 13.2 Å². The number of benzene rings is 2. The van der Waals surface area contributed by atoms with Gasteiger partial charge in [0.1, 0.15) is 6.10 Å². The standard InChI is InChI=1S/C20H25NO4/c22-19-17(14-24-12-15-7-3-1-4-8-15)21-11-18(20(19)23)25-13-16-9-5-2-6-10-16/h1-10,17-23H,11-14H2/t17-,18-,19-,20+/m0/s1. The van der Waals surface area contributed by atoms with Crippen molar-refractivity contribution in [3.63, 3.8) is 0 Å². The number of piperidine rings is 1. The van der Waals surface area contributed by atoms with Gasteiger partial charge >= 0.3 is 0 Å². The predicted octanol–water partition coefficient (Wildman–Crippen LogP) is 1.48. The van der Waals surface area contributed by atoms with Crippen molar-refractivity contribution in [2.24, 2.45) is 0 Å². The maximum atomic E-state index is 10.3. The third kappa shape index (κ3) is 5.11. The van der Waals surface area contributed by atoms with E-state index >= 15 is 0 Å². The van der Waals surface area contributed by atoms with Crippen LogP contribution in [0.5, 0.6) is 0 Å². The first-order chi connectivity index (χ1) is 12.2.